The van der Waals surface area contributed by atoms with E-state index in [0.29, 0.717) is 11.4 Å². The number of rotatable bonds is 6. The summed E-state index contributed by atoms with van der Waals surface area (Å²) in [6.45, 7) is 4.20. The molecule has 0 aliphatic heterocycles. The first-order valence-electron chi connectivity index (χ1n) is 6.09. The van der Waals surface area contributed by atoms with Crippen LogP contribution in [0.5, 0.6) is 0 Å². The maximum Gasteiger partial charge on any atom is 0.243 e. The third-order valence-electron chi connectivity index (χ3n) is 3.03. The lowest BCUT2D eigenvalue weighted by atomic mass is 10.1. The number of aryl methyl sites for hydroxylation is 2. The molecular formula is C13H22N2O2S2. The Hall–Kier alpha value is -0.720. The Labute approximate surface area is 120 Å². The van der Waals surface area contributed by atoms with E-state index in [-0.39, 0.29) is 0 Å². The zero-order chi connectivity index (χ0) is 14.6. The Morgan fingerprint density at radius 3 is 2.21 bits per heavy atom. The quantitative estimate of drug-likeness (QED) is 0.876. The summed E-state index contributed by atoms with van der Waals surface area (Å²) in [6, 6.07) is 3.73. The van der Waals surface area contributed by atoms with Crippen molar-refractivity contribution in [3.8, 4) is 0 Å². The predicted molar refractivity (Wildman–Crippen MR) is 83.7 cm³/mol. The minimum atomic E-state index is -3.41. The Bertz CT molecular complexity index is 519. The summed E-state index contributed by atoms with van der Waals surface area (Å²) >= 11 is 1.64. The van der Waals surface area contributed by atoms with E-state index < -0.39 is 10.0 Å². The first-order valence-corrected chi connectivity index (χ1v) is 8.92. The van der Waals surface area contributed by atoms with Gasteiger partial charge in [0.05, 0.1) is 4.90 Å². The molecule has 0 spiro atoms. The Morgan fingerprint density at radius 1 is 1.26 bits per heavy atom. The van der Waals surface area contributed by atoms with Gasteiger partial charge in [0.25, 0.3) is 0 Å². The Morgan fingerprint density at radius 2 is 1.79 bits per heavy atom. The molecule has 0 bridgehead atoms. The molecule has 4 nitrogen and oxygen atoms in total. The summed E-state index contributed by atoms with van der Waals surface area (Å²) in [5.41, 5.74) is 2.49. The SMILES string of the molecule is CNc1cc(C)c(S(=O)(=O)N(C)CCSC)c(C)c1. The van der Waals surface area contributed by atoms with Crippen LogP contribution in [-0.4, -0.2) is 45.4 Å². The standard InChI is InChI=1S/C13H22N2O2S2/c1-10-8-12(14-3)9-11(2)13(10)19(16,17)15(4)6-7-18-5/h8-9,14H,6-7H2,1-5H3. The fraction of sp³-hybridized carbons (Fsp3) is 0.538. The average Bonchev–Trinajstić information content (AvgIpc) is 2.34. The summed E-state index contributed by atoms with van der Waals surface area (Å²) in [5, 5.41) is 3.04. The van der Waals surface area contributed by atoms with Crippen molar-refractivity contribution < 1.29 is 8.42 Å². The Kier molecular flexibility index (Phi) is 5.70. The van der Waals surface area contributed by atoms with Gasteiger partial charge in [0.1, 0.15) is 0 Å². The number of benzene rings is 1. The van der Waals surface area contributed by atoms with Gasteiger partial charge in [0.15, 0.2) is 0 Å². The molecule has 19 heavy (non-hydrogen) atoms. The molecule has 0 saturated heterocycles. The summed E-state index contributed by atoms with van der Waals surface area (Å²) in [6.07, 6.45) is 1.97. The topological polar surface area (TPSA) is 49.4 Å². The molecule has 0 atom stereocenters. The molecule has 108 valence electrons. The molecule has 0 aromatic heterocycles. The van der Waals surface area contributed by atoms with E-state index in [2.05, 4.69) is 5.32 Å². The van der Waals surface area contributed by atoms with Gasteiger partial charge in [-0.25, -0.2) is 12.7 Å². The molecule has 0 aliphatic carbocycles. The smallest absolute Gasteiger partial charge is 0.243 e. The number of hydrogen-bond acceptors (Lipinski definition) is 4. The number of anilines is 1. The number of sulfonamides is 1. The lowest BCUT2D eigenvalue weighted by Gasteiger charge is -2.20. The third-order valence-corrected chi connectivity index (χ3v) is 5.78. The maximum absolute atomic E-state index is 12.6. The summed E-state index contributed by atoms with van der Waals surface area (Å²) in [7, 11) is 0.0564. The van der Waals surface area contributed by atoms with Crippen molar-refractivity contribution in [3.63, 3.8) is 0 Å². The van der Waals surface area contributed by atoms with Gasteiger partial charge >= 0.3 is 0 Å². The number of thioether (sulfide) groups is 1. The van der Waals surface area contributed by atoms with Crippen LogP contribution in [0.25, 0.3) is 0 Å². The molecular weight excluding hydrogens is 280 g/mol. The maximum atomic E-state index is 12.6. The second kappa shape index (κ2) is 6.63. The van der Waals surface area contributed by atoms with E-state index >= 15 is 0 Å². The summed E-state index contributed by atoms with van der Waals surface area (Å²) < 4.78 is 26.6. The van der Waals surface area contributed by atoms with Crippen molar-refractivity contribution in [1.82, 2.24) is 4.31 Å². The molecule has 1 rings (SSSR count). The second-order valence-corrected chi connectivity index (χ2v) is 7.48. The van der Waals surface area contributed by atoms with Gasteiger partial charge in [-0.3, -0.25) is 0 Å². The summed E-state index contributed by atoms with van der Waals surface area (Å²) in [4.78, 5) is 0.426. The van der Waals surface area contributed by atoms with Crippen LogP contribution in [-0.2, 0) is 10.0 Å². The van der Waals surface area contributed by atoms with E-state index in [1.807, 2.05) is 39.3 Å². The van der Waals surface area contributed by atoms with Gasteiger partial charge in [-0.15, -0.1) is 0 Å². The first kappa shape index (κ1) is 16.3. The molecule has 0 radical (unpaired) electrons. The molecule has 0 aliphatic rings. The van der Waals surface area contributed by atoms with Crippen molar-refractivity contribution in [2.24, 2.45) is 0 Å². The number of nitrogens with one attached hydrogen (secondary N) is 1. The van der Waals surface area contributed by atoms with Crippen LogP contribution < -0.4 is 5.32 Å². The van der Waals surface area contributed by atoms with Crippen LogP contribution in [0.1, 0.15) is 11.1 Å². The van der Waals surface area contributed by atoms with Crippen LogP contribution in [0.4, 0.5) is 5.69 Å². The van der Waals surface area contributed by atoms with Crippen molar-refractivity contribution in [3.05, 3.63) is 23.3 Å². The zero-order valence-corrected chi connectivity index (χ0v) is 13.8. The normalized spacial score (nSPS) is 11.9. The molecule has 0 saturated carbocycles. The van der Waals surface area contributed by atoms with Crippen LogP contribution in [0.3, 0.4) is 0 Å². The average molecular weight is 302 g/mol. The van der Waals surface area contributed by atoms with E-state index in [9.17, 15) is 8.42 Å². The van der Waals surface area contributed by atoms with Gasteiger partial charge in [-0.2, -0.15) is 11.8 Å². The minimum absolute atomic E-state index is 0.426. The zero-order valence-electron chi connectivity index (χ0n) is 12.1. The minimum Gasteiger partial charge on any atom is -0.388 e. The van der Waals surface area contributed by atoms with Crippen molar-refractivity contribution in [1.29, 1.82) is 0 Å². The van der Waals surface area contributed by atoms with Gasteiger partial charge in [-0.1, -0.05) is 0 Å². The van der Waals surface area contributed by atoms with Crippen molar-refractivity contribution >= 4 is 27.5 Å². The fourth-order valence-corrected chi connectivity index (χ4v) is 4.14. The molecule has 0 unspecified atom stereocenters. The lowest BCUT2D eigenvalue weighted by Crippen LogP contribution is -2.30. The lowest BCUT2D eigenvalue weighted by molar-refractivity contribution is 0.487. The summed E-state index contributed by atoms with van der Waals surface area (Å²) in [5.74, 6) is 0.794. The molecule has 1 N–H and O–H groups in total. The highest BCUT2D eigenvalue weighted by atomic mass is 32.2. The second-order valence-electron chi connectivity index (χ2n) is 4.51. The number of nitrogens with zero attached hydrogens (tertiary/aromatic N) is 1. The van der Waals surface area contributed by atoms with Crippen LogP contribution in [0.2, 0.25) is 0 Å². The highest BCUT2D eigenvalue weighted by Gasteiger charge is 2.24. The van der Waals surface area contributed by atoms with Gasteiger partial charge in [0.2, 0.25) is 10.0 Å². The molecule has 1 aromatic rings. The molecule has 0 fully saturated rings. The van der Waals surface area contributed by atoms with Gasteiger partial charge < -0.3 is 5.32 Å². The largest absolute Gasteiger partial charge is 0.388 e. The van der Waals surface area contributed by atoms with Crippen LogP contribution >= 0.6 is 11.8 Å². The fourth-order valence-electron chi connectivity index (χ4n) is 2.00. The van der Waals surface area contributed by atoms with Crippen molar-refractivity contribution in [2.75, 3.05) is 38.0 Å². The molecule has 0 amide bonds. The third kappa shape index (κ3) is 3.64. The highest BCUT2D eigenvalue weighted by Crippen LogP contribution is 2.26. The van der Waals surface area contributed by atoms with E-state index in [1.54, 1.807) is 18.8 Å². The predicted octanol–water partition coefficient (Wildman–Crippen LogP) is 2.33. The monoisotopic (exact) mass is 302 g/mol. The number of hydrogen-bond donors (Lipinski definition) is 1. The van der Waals surface area contributed by atoms with E-state index in [1.165, 1.54) is 4.31 Å². The van der Waals surface area contributed by atoms with Crippen LogP contribution in [0.15, 0.2) is 17.0 Å². The first-order chi connectivity index (χ1) is 8.84. The van der Waals surface area contributed by atoms with E-state index in [0.717, 1.165) is 22.6 Å². The van der Waals surface area contributed by atoms with Gasteiger partial charge in [0, 0.05) is 32.1 Å². The molecule has 6 heteroatoms. The highest BCUT2D eigenvalue weighted by molar-refractivity contribution is 7.98. The molecule has 0 heterocycles. The van der Waals surface area contributed by atoms with Crippen molar-refractivity contribution in [2.45, 2.75) is 18.7 Å². The van der Waals surface area contributed by atoms with E-state index in [4.69, 9.17) is 0 Å². The molecule has 1 aromatic carbocycles. The van der Waals surface area contributed by atoms with Crippen LogP contribution in [0, 0.1) is 13.8 Å². The van der Waals surface area contributed by atoms with Gasteiger partial charge in [-0.05, 0) is 43.4 Å². The Balaban J connectivity index is 3.22.